The Labute approximate surface area is 106 Å². The minimum Gasteiger partial charge on any atom is -0.368 e. The molecule has 2 N–H and O–H groups in total. The molecule has 0 fully saturated rings. The lowest BCUT2D eigenvalue weighted by atomic mass is 10.5. The first kappa shape index (κ1) is 11.4. The SMILES string of the molecule is Cc1cc(Sc2nc(N)ncc2Br)n(C)n1. The predicted octanol–water partition coefficient (Wildman–Crippen LogP) is 2.01. The molecule has 84 valence electrons. The second kappa shape index (κ2) is 4.42. The van der Waals surface area contributed by atoms with Gasteiger partial charge in [0, 0.05) is 13.2 Å². The molecule has 7 heteroatoms. The second-order valence-electron chi connectivity index (χ2n) is 3.23. The summed E-state index contributed by atoms with van der Waals surface area (Å²) in [5, 5.41) is 6.06. The quantitative estimate of drug-likeness (QED) is 0.859. The molecule has 0 aromatic carbocycles. The van der Waals surface area contributed by atoms with E-state index in [0.717, 1.165) is 20.2 Å². The van der Waals surface area contributed by atoms with Crippen LogP contribution in [0.25, 0.3) is 0 Å². The van der Waals surface area contributed by atoms with Crippen molar-refractivity contribution in [3.05, 3.63) is 22.4 Å². The van der Waals surface area contributed by atoms with Gasteiger partial charge in [0.25, 0.3) is 0 Å². The van der Waals surface area contributed by atoms with E-state index >= 15 is 0 Å². The number of nitrogens with zero attached hydrogens (tertiary/aromatic N) is 4. The van der Waals surface area contributed by atoms with Gasteiger partial charge in [-0.25, -0.2) is 9.97 Å². The smallest absolute Gasteiger partial charge is 0.221 e. The van der Waals surface area contributed by atoms with Crippen molar-refractivity contribution in [3.63, 3.8) is 0 Å². The molecule has 0 aliphatic heterocycles. The molecule has 0 bridgehead atoms. The summed E-state index contributed by atoms with van der Waals surface area (Å²) in [6.07, 6.45) is 1.65. The molecule has 0 radical (unpaired) electrons. The Morgan fingerprint density at radius 2 is 2.25 bits per heavy atom. The third-order valence-electron chi connectivity index (χ3n) is 1.89. The fourth-order valence-electron chi connectivity index (χ4n) is 1.22. The van der Waals surface area contributed by atoms with Crippen molar-refractivity contribution in [2.75, 3.05) is 5.73 Å². The molecule has 0 atom stereocenters. The molecule has 5 nitrogen and oxygen atoms in total. The van der Waals surface area contributed by atoms with Crippen molar-refractivity contribution in [2.24, 2.45) is 7.05 Å². The third kappa shape index (κ3) is 2.35. The van der Waals surface area contributed by atoms with E-state index in [-0.39, 0.29) is 5.95 Å². The van der Waals surface area contributed by atoms with Crippen molar-refractivity contribution < 1.29 is 0 Å². The van der Waals surface area contributed by atoms with E-state index in [1.807, 2.05) is 24.7 Å². The number of rotatable bonds is 2. The summed E-state index contributed by atoms with van der Waals surface area (Å²) in [6.45, 7) is 1.95. The van der Waals surface area contributed by atoms with Crippen LogP contribution >= 0.6 is 27.7 Å². The summed E-state index contributed by atoms with van der Waals surface area (Å²) >= 11 is 4.89. The molecular weight excluding hydrogens is 290 g/mol. The maximum atomic E-state index is 5.55. The number of halogens is 1. The van der Waals surface area contributed by atoms with E-state index in [1.54, 1.807) is 6.20 Å². The Bertz CT molecular complexity index is 525. The highest BCUT2D eigenvalue weighted by Gasteiger charge is 2.09. The summed E-state index contributed by atoms with van der Waals surface area (Å²) in [5.74, 6) is 0.268. The van der Waals surface area contributed by atoms with Crippen LogP contribution in [-0.2, 0) is 7.05 Å². The molecule has 2 aromatic heterocycles. The molecular formula is C9H10BrN5S. The summed E-state index contributed by atoms with van der Waals surface area (Å²) in [7, 11) is 1.90. The Hall–Kier alpha value is -1.08. The number of anilines is 1. The highest BCUT2D eigenvalue weighted by atomic mass is 79.9. The average molecular weight is 300 g/mol. The van der Waals surface area contributed by atoms with E-state index in [2.05, 4.69) is 31.0 Å². The number of hydrogen-bond donors (Lipinski definition) is 1. The highest BCUT2D eigenvalue weighted by Crippen LogP contribution is 2.31. The molecule has 0 aliphatic carbocycles. The number of nitrogens with two attached hydrogens (primary N) is 1. The molecule has 0 spiro atoms. The number of hydrogen-bond acceptors (Lipinski definition) is 5. The van der Waals surface area contributed by atoms with Gasteiger partial charge in [-0.3, -0.25) is 4.68 Å². The van der Waals surface area contributed by atoms with E-state index in [0.29, 0.717) is 0 Å². The van der Waals surface area contributed by atoms with E-state index in [9.17, 15) is 0 Å². The van der Waals surface area contributed by atoms with Gasteiger partial charge >= 0.3 is 0 Å². The molecule has 0 saturated heterocycles. The Morgan fingerprint density at radius 1 is 1.50 bits per heavy atom. The van der Waals surface area contributed by atoms with Crippen LogP contribution in [0.1, 0.15) is 5.69 Å². The van der Waals surface area contributed by atoms with E-state index in [1.165, 1.54) is 11.8 Å². The zero-order valence-electron chi connectivity index (χ0n) is 8.81. The summed E-state index contributed by atoms with van der Waals surface area (Å²) < 4.78 is 2.63. The largest absolute Gasteiger partial charge is 0.368 e. The van der Waals surface area contributed by atoms with Gasteiger partial charge in [-0.1, -0.05) is 0 Å². The van der Waals surface area contributed by atoms with Crippen molar-refractivity contribution >= 4 is 33.6 Å². The summed E-state index contributed by atoms with van der Waals surface area (Å²) in [4.78, 5) is 8.05. The fraction of sp³-hybridized carbons (Fsp3) is 0.222. The first-order valence-electron chi connectivity index (χ1n) is 4.53. The van der Waals surface area contributed by atoms with Crippen LogP contribution in [0, 0.1) is 6.92 Å². The fourth-order valence-corrected chi connectivity index (χ4v) is 2.54. The lowest BCUT2D eigenvalue weighted by Gasteiger charge is -2.03. The van der Waals surface area contributed by atoms with Crippen molar-refractivity contribution in [2.45, 2.75) is 17.0 Å². The van der Waals surface area contributed by atoms with Crippen LogP contribution in [0.2, 0.25) is 0 Å². The van der Waals surface area contributed by atoms with Crippen molar-refractivity contribution in [1.82, 2.24) is 19.7 Å². The molecule has 0 unspecified atom stereocenters. The normalized spacial score (nSPS) is 10.7. The van der Waals surface area contributed by atoms with Gasteiger partial charge < -0.3 is 5.73 Å². The molecule has 0 saturated carbocycles. The minimum absolute atomic E-state index is 0.268. The average Bonchev–Trinajstić information content (AvgIpc) is 2.51. The van der Waals surface area contributed by atoms with Gasteiger partial charge in [0.1, 0.15) is 10.1 Å². The van der Waals surface area contributed by atoms with Gasteiger partial charge in [0.15, 0.2) is 0 Å². The molecule has 2 rings (SSSR count). The zero-order valence-corrected chi connectivity index (χ0v) is 11.2. The maximum Gasteiger partial charge on any atom is 0.221 e. The van der Waals surface area contributed by atoms with Crippen LogP contribution < -0.4 is 5.73 Å². The standard InChI is InChI=1S/C9H10BrN5S/c1-5-3-7(15(2)14-5)16-8-6(10)4-12-9(11)13-8/h3-4H,1-2H3,(H2,11,12,13). The monoisotopic (exact) mass is 299 g/mol. The lowest BCUT2D eigenvalue weighted by Crippen LogP contribution is -1.97. The Kier molecular flexibility index (Phi) is 3.15. The van der Waals surface area contributed by atoms with E-state index in [4.69, 9.17) is 5.73 Å². The topological polar surface area (TPSA) is 69.6 Å². The lowest BCUT2D eigenvalue weighted by molar-refractivity contribution is 0.692. The molecule has 2 aromatic rings. The highest BCUT2D eigenvalue weighted by molar-refractivity contribution is 9.10. The van der Waals surface area contributed by atoms with Gasteiger partial charge in [-0.15, -0.1) is 0 Å². The van der Waals surface area contributed by atoms with Gasteiger partial charge in [0.2, 0.25) is 5.95 Å². The maximum absolute atomic E-state index is 5.55. The van der Waals surface area contributed by atoms with E-state index < -0.39 is 0 Å². The van der Waals surface area contributed by atoms with Gasteiger partial charge in [-0.05, 0) is 40.7 Å². The molecule has 16 heavy (non-hydrogen) atoms. The Morgan fingerprint density at radius 3 is 2.88 bits per heavy atom. The predicted molar refractivity (Wildman–Crippen MR) is 66.2 cm³/mol. The minimum atomic E-state index is 0.268. The summed E-state index contributed by atoms with van der Waals surface area (Å²) in [5.41, 5.74) is 6.52. The van der Waals surface area contributed by atoms with Crippen LogP contribution in [0.5, 0.6) is 0 Å². The second-order valence-corrected chi connectivity index (χ2v) is 5.09. The third-order valence-corrected chi connectivity index (χ3v) is 3.83. The summed E-state index contributed by atoms with van der Waals surface area (Å²) in [6, 6.07) is 2.00. The number of aryl methyl sites for hydroxylation is 2. The van der Waals surface area contributed by atoms with Crippen molar-refractivity contribution in [3.8, 4) is 0 Å². The molecule has 0 aliphatic rings. The number of nitrogen functional groups attached to an aromatic ring is 1. The Balaban J connectivity index is 2.33. The zero-order chi connectivity index (χ0) is 11.7. The molecule has 2 heterocycles. The van der Waals surface area contributed by atoms with Gasteiger partial charge in [-0.2, -0.15) is 5.10 Å². The first-order valence-corrected chi connectivity index (χ1v) is 6.13. The number of aromatic nitrogens is 4. The van der Waals surface area contributed by atoms with Crippen LogP contribution in [-0.4, -0.2) is 19.7 Å². The van der Waals surface area contributed by atoms with Crippen molar-refractivity contribution in [1.29, 1.82) is 0 Å². The first-order chi connectivity index (χ1) is 7.56. The van der Waals surface area contributed by atoms with Crippen LogP contribution in [0.4, 0.5) is 5.95 Å². The van der Waals surface area contributed by atoms with Crippen LogP contribution in [0.3, 0.4) is 0 Å². The van der Waals surface area contributed by atoms with Crippen LogP contribution in [0.15, 0.2) is 26.8 Å². The van der Waals surface area contributed by atoms with Gasteiger partial charge in [0.05, 0.1) is 10.2 Å². The molecule has 0 amide bonds.